The first-order valence-corrected chi connectivity index (χ1v) is 10.3. The summed E-state index contributed by atoms with van der Waals surface area (Å²) in [6.07, 6.45) is 0.986. The molecule has 9 heteroatoms. The van der Waals surface area contributed by atoms with E-state index in [2.05, 4.69) is 10.1 Å². The van der Waals surface area contributed by atoms with E-state index < -0.39 is 5.56 Å². The van der Waals surface area contributed by atoms with Gasteiger partial charge in [-0.3, -0.25) is 14.4 Å². The van der Waals surface area contributed by atoms with Crippen LogP contribution in [0.15, 0.2) is 9.32 Å². The van der Waals surface area contributed by atoms with E-state index in [4.69, 9.17) is 4.52 Å². The Morgan fingerprint density at radius 3 is 2.23 bits per heavy atom. The van der Waals surface area contributed by atoms with Crippen LogP contribution in [0.1, 0.15) is 45.8 Å². The van der Waals surface area contributed by atoms with Crippen molar-refractivity contribution in [3.05, 3.63) is 49.8 Å². The second-order valence-electron chi connectivity index (χ2n) is 7.91. The molecule has 1 N–H and O–H groups in total. The molecule has 1 fully saturated rings. The maximum Gasteiger partial charge on any atom is 0.266 e. The molecular weight excluding hydrogens is 398 g/mol. The first-order valence-electron chi connectivity index (χ1n) is 10.3. The lowest BCUT2D eigenvalue weighted by Crippen LogP contribution is -2.51. The van der Waals surface area contributed by atoms with E-state index in [0.717, 1.165) is 16.8 Å². The van der Waals surface area contributed by atoms with Crippen LogP contribution in [0.2, 0.25) is 0 Å². The predicted octanol–water partition coefficient (Wildman–Crippen LogP) is 1.31. The minimum absolute atomic E-state index is 0.00123. The number of pyridine rings is 1. The van der Waals surface area contributed by atoms with E-state index in [-0.39, 0.29) is 30.2 Å². The number of carbonyl (C=O) groups excluding carboxylic acids is 2. The largest absolute Gasteiger partial charge is 0.361 e. The van der Waals surface area contributed by atoms with Gasteiger partial charge in [0.1, 0.15) is 17.4 Å². The molecule has 0 saturated carbocycles. The van der Waals surface area contributed by atoms with E-state index >= 15 is 0 Å². The SMILES string of the molecule is Cc1noc(C)c1CC(=O)N1CCN(C(=O)CCc2c(C)[nH]c(=O)c(C#N)c2C)CC1. The average Bonchev–Trinajstić information content (AvgIpc) is 3.05. The summed E-state index contributed by atoms with van der Waals surface area (Å²) in [4.78, 5) is 43.4. The lowest BCUT2D eigenvalue weighted by Gasteiger charge is -2.35. The maximum absolute atomic E-state index is 12.7. The van der Waals surface area contributed by atoms with Crippen LogP contribution in [-0.2, 0) is 22.4 Å². The quantitative estimate of drug-likeness (QED) is 0.770. The normalized spacial score (nSPS) is 13.9. The summed E-state index contributed by atoms with van der Waals surface area (Å²) >= 11 is 0. The average molecular weight is 425 g/mol. The number of hydrogen-bond donors (Lipinski definition) is 1. The van der Waals surface area contributed by atoms with Gasteiger partial charge >= 0.3 is 0 Å². The van der Waals surface area contributed by atoms with Gasteiger partial charge in [0.05, 0.1) is 12.1 Å². The molecule has 0 aromatic carbocycles. The molecule has 1 aliphatic heterocycles. The van der Waals surface area contributed by atoms with Gasteiger partial charge in [-0.25, -0.2) is 0 Å². The van der Waals surface area contributed by atoms with Gasteiger partial charge in [0.15, 0.2) is 0 Å². The molecule has 2 aromatic heterocycles. The molecule has 0 spiro atoms. The van der Waals surface area contributed by atoms with Crippen molar-refractivity contribution in [2.45, 2.75) is 47.0 Å². The van der Waals surface area contributed by atoms with Crippen LogP contribution in [0.4, 0.5) is 0 Å². The number of aryl methyl sites for hydroxylation is 3. The summed E-state index contributed by atoms with van der Waals surface area (Å²) < 4.78 is 5.12. The second-order valence-corrected chi connectivity index (χ2v) is 7.91. The van der Waals surface area contributed by atoms with Gasteiger partial charge in [0.25, 0.3) is 5.56 Å². The van der Waals surface area contributed by atoms with Gasteiger partial charge in [0.2, 0.25) is 11.8 Å². The van der Waals surface area contributed by atoms with Crippen molar-refractivity contribution < 1.29 is 14.1 Å². The van der Waals surface area contributed by atoms with Crippen LogP contribution in [0, 0.1) is 39.0 Å². The Balaban J connectivity index is 1.55. The summed E-state index contributed by atoms with van der Waals surface area (Å²) in [5.74, 6) is 0.665. The van der Waals surface area contributed by atoms with Crippen molar-refractivity contribution in [2.24, 2.45) is 0 Å². The molecule has 3 heterocycles. The number of H-pyrrole nitrogens is 1. The van der Waals surface area contributed by atoms with Gasteiger partial charge in [-0.15, -0.1) is 0 Å². The number of aromatic amines is 1. The minimum atomic E-state index is -0.398. The fourth-order valence-electron chi connectivity index (χ4n) is 4.03. The van der Waals surface area contributed by atoms with E-state index in [0.29, 0.717) is 49.6 Å². The zero-order valence-electron chi connectivity index (χ0n) is 18.4. The molecule has 0 unspecified atom stereocenters. The summed E-state index contributed by atoms with van der Waals surface area (Å²) in [5, 5.41) is 13.1. The fourth-order valence-corrected chi connectivity index (χ4v) is 4.03. The highest BCUT2D eigenvalue weighted by atomic mass is 16.5. The topological polar surface area (TPSA) is 123 Å². The molecule has 2 amide bonds. The van der Waals surface area contributed by atoms with Gasteiger partial charge in [-0.1, -0.05) is 5.16 Å². The Morgan fingerprint density at radius 2 is 1.68 bits per heavy atom. The summed E-state index contributed by atoms with van der Waals surface area (Å²) in [7, 11) is 0. The third-order valence-electron chi connectivity index (χ3n) is 6.00. The lowest BCUT2D eigenvalue weighted by molar-refractivity contribution is -0.139. The fraction of sp³-hybridized carbons (Fsp3) is 0.500. The van der Waals surface area contributed by atoms with E-state index in [1.54, 1.807) is 30.6 Å². The molecule has 9 nitrogen and oxygen atoms in total. The van der Waals surface area contributed by atoms with Gasteiger partial charge in [0, 0.05) is 43.9 Å². The number of rotatable bonds is 5. The standard InChI is InChI=1S/C22H27N5O4/c1-13-17(14(2)24-22(30)19(13)12-23)5-6-20(28)26-7-9-27(10-8-26)21(29)11-18-15(3)25-31-16(18)4/h5-11H2,1-4H3,(H,24,30). The van der Waals surface area contributed by atoms with Crippen LogP contribution in [0.5, 0.6) is 0 Å². The van der Waals surface area contributed by atoms with Gasteiger partial charge in [-0.2, -0.15) is 5.26 Å². The van der Waals surface area contributed by atoms with Crippen molar-refractivity contribution in [1.29, 1.82) is 5.26 Å². The highest BCUT2D eigenvalue weighted by Gasteiger charge is 2.25. The summed E-state index contributed by atoms with van der Waals surface area (Å²) in [6.45, 7) is 9.08. The Bertz CT molecular complexity index is 1080. The third-order valence-corrected chi connectivity index (χ3v) is 6.00. The highest BCUT2D eigenvalue weighted by Crippen LogP contribution is 2.17. The zero-order valence-corrected chi connectivity index (χ0v) is 18.4. The molecule has 2 aromatic rings. The lowest BCUT2D eigenvalue weighted by atomic mass is 9.99. The van der Waals surface area contributed by atoms with Gasteiger partial charge < -0.3 is 19.3 Å². The number of nitrogens with one attached hydrogen (secondary N) is 1. The van der Waals surface area contributed by atoms with Crippen molar-refractivity contribution in [2.75, 3.05) is 26.2 Å². The van der Waals surface area contributed by atoms with E-state index in [1.807, 2.05) is 13.0 Å². The molecular formula is C22H27N5O4. The minimum Gasteiger partial charge on any atom is -0.361 e. The van der Waals surface area contributed by atoms with Crippen LogP contribution in [-0.4, -0.2) is 57.9 Å². The number of piperazine rings is 1. The zero-order chi connectivity index (χ0) is 22.7. The molecule has 3 rings (SSSR count). The monoisotopic (exact) mass is 425 g/mol. The number of hydrogen-bond acceptors (Lipinski definition) is 6. The Kier molecular flexibility index (Phi) is 6.59. The number of aromatic nitrogens is 2. The molecule has 0 atom stereocenters. The molecule has 1 aliphatic rings. The molecule has 0 bridgehead atoms. The maximum atomic E-state index is 12.7. The van der Waals surface area contributed by atoms with E-state index in [1.165, 1.54) is 0 Å². The van der Waals surface area contributed by atoms with Crippen molar-refractivity contribution in [3.63, 3.8) is 0 Å². The first-order chi connectivity index (χ1) is 14.7. The second kappa shape index (κ2) is 9.16. The highest BCUT2D eigenvalue weighted by molar-refractivity contribution is 5.80. The van der Waals surface area contributed by atoms with Gasteiger partial charge in [-0.05, 0) is 45.2 Å². The smallest absolute Gasteiger partial charge is 0.266 e. The van der Waals surface area contributed by atoms with Crippen molar-refractivity contribution in [3.8, 4) is 6.07 Å². The van der Waals surface area contributed by atoms with Crippen LogP contribution >= 0.6 is 0 Å². The number of carbonyl (C=O) groups is 2. The summed E-state index contributed by atoms with van der Waals surface area (Å²) in [6, 6.07) is 1.93. The Hall–Kier alpha value is -3.41. The molecule has 31 heavy (non-hydrogen) atoms. The first kappa shape index (κ1) is 22.3. The van der Waals surface area contributed by atoms with Crippen LogP contribution in [0.3, 0.4) is 0 Å². The molecule has 1 saturated heterocycles. The third kappa shape index (κ3) is 4.68. The summed E-state index contributed by atoms with van der Waals surface area (Å²) in [5.41, 5.74) is 3.40. The van der Waals surface area contributed by atoms with Crippen LogP contribution in [0.25, 0.3) is 0 Å². The molecule has 0 radical (unpaired) electrons. The van der Waals surface area contributed by atoms with E-state index in [9.17, 15) is 19.6 Å². The molecule has 0 aliphatic carbocycles. The molecule has 164 valence electrons. The van der Waals surface area contributed by atoms with Crippen molar-refractivity contribution >= 4 is 11.8 Å². The van der Waals surface area contributed by atoms with Crippen molar-refractivity contribution in [1.82, 2.24) is 19.9 Å². The van der Waals surface area contributed by atoms with Crippen LogP contribution < -0.4 is 5.56 Å². The Morgan fingerprint density at radius 1 is 1.06 bits per heavy atom. The Labute approximate surface area is 180 Å². The number of nitrogens with zero attached hydrogens (tertiary/aromatic N) is 4. The number of amides is 2. The predicted molar refractivity (Wildman–Crippen MR) is 112 cm³/mol. The number of nitriles is 1.